The van der Waals surface area contributed by atoms with E-state index < -0.39 is 17.6 Å². The van der Waals surface area contributed by atoms with E-state index in [-0.39, 0.29) is 12.1 Å². The van der Waals surface area contributed by atoms with Gasteiger partial charge in [-0.05, 0) is 33.3 Å². The molecule has 1 aliphatic rings. The lowest BCUT2D eigenvalue weighted by Crippen LogP contribution is -2.56. The highest BCUT2D eigenvalue weighted by atomic mass is 16.6. The van der Waals surface area contributed by atoms with Crippen molar-refractivity contribution in [3.63, 3.8) is 0 Å². The molecule has 1 aliphatic heterocycles. The van der Waals surface area contributed by atoms with Gasteiger partial charge in [0.05, 0.1) is 0 Å². The topological polar surface area (TPSA) is 70.1 Å². The first-order valence-corrected chi connectivity index (χ1v) is 8.20. The number of carboxylic acid groups (broad SMARTS) is 1. The molecule has 6 nitrogen and oxygen atoms in total. The minimum Gasteiger partial charge on any atom is -0.480 e. The van der Waals surface area contributed by atoms with E-state index >= 15 is 0 Å². The average Bonchev–Trinajstić information content (AvgIpc) is 2.46. The quantitative estimate of drug-likeness (QED) is 0.920. The van der Waals surface area contributed by atoms with Crippen LogP contribution in [0.3, 0.4) is 0 Å². The van der Waals surface area contributed by atoms with Crippen LogP contribution in [0.15, 0.2) is 30.3 Å². The fraction of sp³-hybridized carbons (Fsp3) is 0.556. The smallest absolute Gasteiger partial charge is 0.410 e. The van der Waals surface area contributed by atoms with E-state index in [1.54, 1.807) is 4.90 Å². The van der Waals surface area contributed by atoms with Gasteiger partial charge < -0.3 is 14.7 Å². The van der Waals surface area contributed by atoms with Crippen molar-refractivity contribution in [2.45, 2.75) is 45.4 Å². The van der Waals surface area contributed by atoms with Crippen molar-refractivity contribution in [2.75, 3.05) is 19.6 Å². The van der Waals surface area contributed by atoms with Gasteiger partial charge >= 0.3 is 12.1 Å². The third kappa shape index (κ3) is 4.47. The number of carbonyl (C=O) groups excluding carboxylic acids is 1. The molecule has 1 N–H and O–H groups in total. The molecule has 6 heteroatoms. The van der Waals surface area contributed by atoms with E-state index in [2.05, 4.69) is 0 Å². The number of ether oxygens (including phenoxy) is 1. The first-order valence-electron chi connectivity index (χ1n) is 8.20. The number of hydrogen-bond donors (Lipinski definition) is 1. The van der Waals surface area contributed by atoms with Crippen molar-refractivity contribution in [1.29, 1.82) is 0 Å². The molecule has 24 heavy (non-hydrogen) atoms. The molecule has 1 unspecified atom stereocenters. The molecule has 1 fully saturated rings. The molecule has 2 atom stereocenters. The monoisotopic (exact) mass is 334 g/mol. The Morgan fingerprint density at radius 1 is 1.21 bits per heavy atom. The van der Waals surface area contributed by atoms with Crippen LogP contribution < -0.4 is 0 Å². The molecule has 0 bridgehead atoms. The van der Waals surface area contributed by atoms with Crippen LogP contribution in [-0.4, -0.2) is 58.2 Å². The van der Waals surface area contributed by atoms with Crippen LogP contribution in [0.25, 0.3) is 0 Å². The fourth-order valence-electron chi connectivity index (χ4n) is 2.96. The molecule has 0 aliphatic carbocycles. The maximum Gasteiger partial charge on any atom is 0.410 e. The Morgan fingerprint density at radius 3 is 2.33 bits per heavy atom. The Kier molecular flexibility index (Phi) is 5.49. The molecule has 1 aromatic rings. The normalized spacial score (nSPS) is 20.5. The van der Waals surface area contributed by atoms with Crippen molar-refractivity contribution < 1.29 is 19.4 Å². The van der Waals surface area contributed by atoms with Crippen LogP contribution in [0, 0.1) is 0 Å². The van der Waals surface area contributed by atoms with E-state index in [1.807, 2.05) is 62.9 Å². The third-order valence-corrected chi connectivity index (χ3v) is 4.00. The number of carbonyl (C=O) groups is 2. The molecule has 1 amide bonds. The zero-order valence-corrected chi connectivity index (χ0v) is 14.7. The summed E-state index contributed by atoms with van der Waals surface area (Å²) in [7, 11) is 0. The fourth-order valence-corrected chi connectivity index (χ4v) is 2.96. The summed E-state index contributed by atoms with van der Waals surface area (Å²) < 4.78 is 5.43. The van der Waals surface area contributed by atoms with Crippen LogP contribution in [0.1, 0.15) is 39.3 Å². The first-order chi connectivity index (χ1) is 11.2. The van der Waals surface area contributed by atoms with E-state index in [9.17, 15) is 14.7 Å². The molecular formula is C18H26N2O4. The number of hydrogen-bond acceptors (Lipinski definition) is 4. The van der Waals surface area contributed by atoms with E-state index in [1.165, 1.54) is 0 Å². The summed E-state index contributed by atoms with van der Waals surface area (Å²) in [5.41, 5.74) is 0.213. The van der Waals surface area contributed by atoms with Crippen molar-refractivity contribution in [2.24, 2.45) is 0 Å². The molecular weight excluding hydrogens is 308 g/mol. The summed E-state index contributed by atoms with van der Waals surface area (Å²) in [6.45, 7) is 8.86. The number of benzene rings is 1. The number of amides is 1. The van der Waals surface area contributed by atoms with Crippen LogP contribution >= 0.6 is 0 Å². The number of piperazine rings is 1. The molecule has 0 spiro atoms. The lowest BCUT2D eigenvalue weighted by molar-refractivity contribution is -0.144. The Labute approximate surface area is 143 Å². The predicted molar refractivity (Wildman–Crippen MR) is 90.8 cm³/mol. The summed E-state index contributed by atoms with van der Waals surface area (Å²) in [6, 6.07) is 8.38. The zero-order valence-electron chi connectivity index (χ0n) is 14.7. The highest BCUT2D eigenvalue weighted by molar-refractivity contribution is 5.75. The van der Waals surface area contributed by atoms with Gasteiger partial charge in [-0.15, -0.1) is 0 Å². The Bertz CT molecular complexity index is 582. The number of aliphatic carboxylic acids is 1. The van der Waals surface area contributed by atoms with E-state index in [0.717, 1.165) is 5.56 Å². The molecule has 1 heterocycles. The zero-order chi connectivity index (χ0) is 17.9. The maximum absolute atomic E-state index is 12.3. The summed E-state index contributed by atoms with van der Waals surface area (Å²) in [5.74, 6) is -0.876. The van der Waals surface area contributed by atoms with Gasteiger partial charge in [-0.1, -0.05) is 30.3 Å². The van der Waals surface area contributed by atoms with Gasteiger partial charge in [0.25, 0.3) is 0 Å². The van der Waals surface area contributed by atoms with Gasteiger partial charge in [0, 0.05) is 25.7 Å². The summed E-state index contributed by atoms with van der Waals surface area (Å²) in [5, 5.41) is 9.65. The predicted octanol–water partition coefficient (Wildman–Crippen LogP) is 2.75. The minimum atomic E-state index is -0.876. The average molecular weight is 334 g/mol. The van der Waals surface area contributed by atoms with Crippen LogP contribution in [0.5, 0.6) is 0 Å². The van der Waals surface area contributed by atoms with Crippen LogP contribution in [0.2, 0.25) is 0 Å². The summed E-state index contributed by atoms with van der Waals surface area (Å²) >= 11 is 0. The van der Waals surface area contributed by atoms with Crippen LogP contribution in [-0.2, 0) is 9.53 Å². The van der Waals surface area contributed by atoms with Gasteiger partial charge in [0.1, 0.15) is 11.6 Å². The Morgan fingerprint density at radius 2 is 1.83 bits per heavy atom. The lowest BCUT2D eigenvalue weighted by Gasteiger charge is -2.42. The highest BCUT2D eigenvalue weighted by Gasteiger charge is 2.36. The van der Waals surface area contributed by atoms with E-state index in [0.29, 0.717) is 19.6 Å². The van der Waals surface area contributed by atoms with E-state index in [4.69, 9.17) is 4.74 Å². The summed E-state index contributed by atoms with van der Waals surface area (Å²) in [6.07, 6.45) is -0.346. The van der Waals surface area contributed by atoms with Crippen molar-refractivity contribution in [1.82, 2.24) is 9.80 Å². The highest BCUT2D eigenvalue weighted by Crippen LogP contribution is 2.25. The van der Waals surface area contributed by atoms with Gasteiger partial charge in [-0.3, -0.25) is 9.69 Å². The SMILES string of the molecule is C[C@@H]1CN(C(C(=O)O)c2ccccc2)CCN1C(=O)OC(C)(C)C. The molecule has 1 aromatic carbocycles. The number of carboxylic acids is 1. The Balaban J connectivity index is 2.08. The molecule has 0 radical (unpaired) electrons. The third-order valence-electron chi connectivity index (χ3n) is 4.00. The molecule has 2 rings (SSSR count). The van der Waals surface area contributed by atoms with Gasteiger partial charge in [0.2, 0.25) is 0 Å². The van der Waals surface area contributed by atoms with Gasteiger partial charge in [-0.25, -0.2) is 4.79 Å². The number of nitrogens with zero attached hydrogens (tertiary/aromatic N) is 2. The standard InChI is InChI=1S/C18H26N2O4/c1-13-12-19(10-11-20(13)17(23)24-18(2,3)4)15(16(21)22)14-8-6-5-7-9-14/h5-9,13,15H,10-12H2,1-4H3,(H,21,22)/t13-,15?/m1/s1. The van der Waals surface area contributed by atoms with Crippen molar-refractivity contribution >= 4 is 12.1 Å². The molecule has 132 valence electrons. The second-order valence-electron chi connectivity index (χ2n) is 7.17. The molecule has 0 aromatic heterocycles. The van der Waals surface area contributed by atoms with Gasteiger partial charge in [-0.2, -0.15) is 0 Å². The van der Waals surface area contributed by atoms with Crippen molar-refractivity contribution in [3.8, 4) is 0 Å². The number of rotatable bonds is 3. The first kappa shape index (κ1) is 18.3. The molecule has 0 saturated carbocycles. The lowest BCUT2D eigenvalue weighted by atomic mass is 10.0. The minimum absolute atomic E-state index is 0.112. The largest absolute Gasteiger partial charge is 0.480 e. The summed E-state index contributed by atoms with van der Waals surface area (Å²) in [4.78, 5) is 27.6. The molecule has 1 saturated heterocycles. The van der Waals surface area contributed by atoms with Crippen molar-refractivity contribution in [3.05, 3.63) is 35.9 Å². The second-order valence-corrected chi connectivity index (χ2v) is 7.17. The Hall–Kier alpha value is -2.08. The maximum atomic E-state index is 12.3. The van der Waals surface area contributed by atoms with Gasteiger partial charge in [0.15, 0.2) is 0 Å². The second kappa shape index (κ2) is 7.21. The van der Waals surface area contributed by atoms with Crippen LogP contribution in [0.4, 0.5) is 4.79 Å².